The fourth-order valence-corrected chi connectivity index (χ4v) is 5.13. The SMILES string of the molecule is O=C(O)/C(=C1/OCO/C1=C(/C(=O)O)c1ccccc1)c1ccccc1.O=C(O)/C(=C1/OCO/C1=C(/C(=O)O)c1ccccc1)c1ccccc1. The molecule has 252 valence electrons. The summed E-state index contributed by atoms with van der Waals surface area (Å²) in [6, 6.07) is 33.4. The predicted octanol–water partition coefficient (Wildman–Crippen LogP) is 5.97. The molecule has 4 aromatic rings. The Morgan fingerprint density at radius 1 is 0.340 bits per heavy atom. The van der Waals surface area contributed by atoms with E-state index in [4.69, 9.17) is 18.9 Å². The van der Waals surface area contributed by atoms with Crippen LogP contribution >= 0.6 is 0 Å². The van der Waals surface area contributed by atoms with Gasteiger partial charge in [0.1, 0.15) is 22.3 Å². The molecule has 0 radical (unpaired) electrons. The Balaban J connectivity index is 0.000000194. The summed E-state index contributed by atoms with van der Waals surface area (Å²) in [5, 5.41) is 38.5. The topological polar surface area (TPSA) is 186 Å². The first-order valence-electron chi connectivity index (χ1n) is 14.8. The van der Waals surface area contributed by atoms with E-state index in [1.165, 1.54) is 0 Å². The van der Waals surface area contributed by atoms with Crippen LogP contribution in [0.3, 0.4) is 0 Å². The Morgan fingerprint density at radius 2 is 0.520 bits per heavy atom. The third-order valence-electron chi connectivity index (χ3n) is 7.24. The molecule has 2 aliphatic heterocycles. The molecule has 4 aromatic carbocycles. The molecule has 0 bridgehead atoms. The van der Waals surface area contributed by atoms with Crippen molar-refractivity contribution in [1.29, 1.82) is 0 Å². The van der Waals surface area contributed by atoms with E-state index >= 15 is 0 Å². The number of hydrogen-bond donors (Lipinski definition) is 4. The van der Waals surface area contributed by atoms with Gasteiger partial charge in [-0.15, -0.1) is 0 Å². The van der Waals surface area contributed by atoms with Gasteiger partial charge in [-0.1, -0.05) is 121 Å². The average molecular weight is 677 g/mol. The molecule has 0 aliphatic carbocycles. The van der Waals surface area contributed by atoms with Crippen LogP contribution in [0.2, 0.25) is 0 Å². The van der Waals surface area contributed by atoms with Crippen LogP contribution in [-0.4, -0.2) is 57.9 Å². The molecule has 0 amide bonds. The fraction of sp³-hybridized carbons (Fsp3) is 0.0526. The highest BCUT2D eigenvalue weighted by atomic mass is 16.7. The van der Waals surface area contributed by atoms with Gasteiger partial charge in [-0.25, -0.2) is 19.2 Å². The Kier molecular flexibility index (Phi) is 10.7. The van der Waals surface area contributed by atoms with Crippen molar-refractivity contribution in [3.63, 3.8) is 0 Å². The van der Waals surface area contributed by atoms with Crippen LogP contribution < -0.4 is 0 Å². The number of carboxylic acid groups (broad SMARTS) is 4. The molecule has 0 unspecified atom stereocenters. The highest BCUT2D eigenvalue weighted by molar-refractivity contribution is 6.21. The number of benzene rings is 4. The van der Waals surface area contributed by atoms with Gasteiger partial charge in [0.2, 0.25) is 13.6 Å². The van der Waals surface area contributed by atoms with Gasteiger partial charge in [-0.3, -0.25) is 0 Å². The van der Waals surface area contributed by atoms with E-state index in [0.717, 1.165) is 0 Å². The lowest BCUT2D eigenvalue weighted by molar-refractivity contribution is -0.131. The van der Waals surface area contributed by atoms with E-state index in [0.29, 0.717) is 22.3 Å². The Morgan fingerprint density at radius 3 is 0.680 bits per heavy atom. The van der Waals surface area contributed by atoms with Gasteiger partial charge in [0, 0.05) is 0 Å². The second kappa shape index (κ2) is 15.7. The van der Waals surface area contributed by atoms with E-state index in [2.05, 4.69) is 0 Å². The number of hydrogen-bond acceptors (Lipinski definition) is 8. The third-order valence-corrected chi connectivity index (χ3v) is 7.24. The second-order valence-electron chi connectivity index (χ2n) is 10.3. The molecule has 0 spiro atoms. The van der Waals surface area contributed by atoms with Crippen LogP contribution in [0.1, 0.15) is 22.3 Å². The molecule has 12 heteroatoms. The molecule has 6 rings (SSSR count). The zero-order valence-corrected chi connectivity index (χ0v) is 26.0. The minimum atomic E-state index is -1.23. The van der Waals surface area contributed by atoms with Gasteiger partial charge in [-0.2, -0.15) is 0 Å². The van der Waals surface area contributed by atoms with E-state index in [1.54, 1.807) is 121 Å². The first kappa shape index (κ1) is 34.3. The number of carbonyl (C=O) groups is 4. The Hall–Kier alpha value is -7.08. The summed E-state index contributed by atoms with van der Waals surface area (Å²) in [5.41, 5.74) is 0.976. The van der Waals surface area contributed by atoms with E-state index in [1.807, 2.05) is 0 Å². The second-order valence-corrected chi connectivity index (χ2v) is 10.3. The lowest BCUT2D eigenvalue weighted by Crippen LogP contribution is -2.08. The zero-order chi connectivity index (χ0) is 35.6. The Labute approximate surface area is 284 Å². The van der Waals surface area contributed by atoms with Crippen molar-refractivity contribution >= 4 is 46.2 Å². The molecule has 2 fully saturated rings. The first-order valence-corrected chi connectivity index (χ1v) is 14.8. The van der Waals surface area contributed by atoms with Crippen LogP contribution in [0.5, 0.6) is 0 Å². The third kappa shape index (κ3) is 7.55. The van der Waals surface area contributed by atoms with Gasteiger partial charge in [-0.05, 0) is 22.3 Å². The van der Waals surface area contributed by atoms with E-state index < -0.39 is 23.9 Å². The molecule has 2 aliphatic rings. The smallest absolute Gasteiger partial charge is 0.340 e. The summed E-state index contributed by atoms with van der Waals surface area (Å²) in [6.45, 7) is -0.504. The summed E-state index contributed by atoms with van der Waals surface area (Å²) in [7, 11) is 0. The molecule has 0 saturated carbocycles. The van der Waals surface area contributed by atoms with Gasteiger partial charge < -0.3 is 39.4 Å². The number of ether oxygens (including phenoxy) is 4. The van der Waals surface area contributed by atoms with Crippen LogP contribution in [0, 0.1) is 0 Å². The van der Waals surface area contributed by atoms with Crippen LogP contribution in [0.15, 0.2) is 144 Å². The standard InChI is InChI=1S/2C19H14O6/c2*20-18(21)14(12-7-3-1-4-8-12)16-17(25-11-24-16)15(19(22)23)13-9-5-2-6-10-13/h2*1-10H,11H2,(H,20,21)(H,22,23)/b2*16-14+,17-15+. The molecule has 0 atom stereocenters. The van der Waals surface area contributed by atoms with Crippen molar-refractivity contribution in [1.82, 2.24) is 0 Å². The normalized spacial score (nSPS) is 17.3. The van der Waals surface area contributed by atoms with Crippen molar-refractivity contribution in [3.8, 4) is 0 Å². The molecular weight excluding hydrogens is 648 g/mol. The lowest BCUT2D eigenvalue weighted by atomic mass is 9.99. The van der Waals surface area contributed by atoms with Crippen LogP contribution in [0.4, 0.5) is 0 Å². The van der Waals surface area contributed by atoms with Crippen LogP contribution in [0.25, 0.3) is 22.3 Å². The highest BCUT2D eigenvalue weighted by Crippen LogP contribution is 2.37. The summed E-state index contributed by atoms with van der Waals surface area (Å²) in [4.78, 5) is 47.2. The van der Waals surface area contributed by atoms with Crippen molar-refractivity contribution < 1.29 is 58.6 Å². The lowest BCUT2D eigenvalue weighted by Gasteiger charge is -2.09. The summed E-state index contributed by atoms with van der Waals surface area (Å²) >= 11 is 0. The molecule has 0 aromatic heterocycles. The molecule has 50 heavy (non-hydrogen) atoms. The molecular formula is C38H28O12. The van der Waals surface area contributed by atoms with Crippen molar-refractivity contribution in [2.24, 2.45) is 0 Å². The number of rotatable bonds is 8. The zero-order valence-electron chi connectivity index (χ0n) is 26.0. The molecule has 4 N–H and O–H groups in total. The summed E-state index contributed by atoms with van der Waals surface area (Å²) in [5.74, 6) is -5.33. The molecule has 12 nitrogen and oxygen atoms in total. The van der Waals surface area contributed by atoms with E-state index in [9.17, 15) is 39.6 Å². The monoisotopic (exact) mass is 676 g/mol. The van der Waals surface area contributed by atoms with Crippen molar-refractivity contribution in [2.45, 2.75) is 0 Å². The van der Waals surface area contributed by atoms with Gasteiger partial charge in [0.05, 0.1) is 0 Å². The van der Waals surface area contributed by atoms with Crippen LogP contribution in [-0.2, 0) is 38.1 Å². The highest BCUT2D eigenvalue weighted by Gasteiger charge is 2.34. The predicted molar refractivity (Wildman–Crippen MR) is 178 cm³/mol. The molecule has 2 heterocycles. The van der Waals surface area contributed by atoms with Crippen molar-refractivity contribution in [3.05, 3.63) is 167 Å². The largest absolute Gasteiger partial charge is 0.478 e. The van der Waals surface area contributed by atoms with Crippen molar-refractivity contribution in [2.75, 3.05) is 13.6 Å². The quantitative estimate of drug-likeness (QED) is 0.161. The summed E-state index contributed by atoms with van der Waals surface area (Å²) in [6.07, 6.45) is 0. The molecule has 2 saturated heterocycles. The van der Waals surface area contributed by atoms with E-state index in [-0.39, 0.29) is 58.9 Å². The number of aliphatic carboxylic acids is 4. The van der Waals surface area contributed by atoms with Gasteiger partial charge >= 0.3 is 23.9 Å². The maximum absolute atomic E-state index is 11.8. The first-order chi connectivity index (χ1) is 24.2. The summed E-state index contributed by atoms with van der Waals surface area (Å²) < 4.78 is 21.4. The van der Waals surface area contributed by atoms with Gasteiger partial charge in [0.15, 0.2) is 23.0 Å². The van der Waals surface area contributed by atoms with Gasteiger partial charge in [0.25, 0.3) is 0 Å². The Bertz CT molecular complexity index is 1730. The minimum Gasteiger partial charge on any atom is -0.478 e. The maximum atomic E-state index is 11.8. The number of carboxylic acids is 4. The minimum absolute atomic E-state index is 0.0973. The fourth-order valence-electron chi connectivity index (χ4n) is 5.13. The average Bonchev–Trinajstić information content (AvgIpc) is 3.77. The maximum Gasteiger partial charge on any atom is 0.340 e.